The summed E-state index contributed by atoms with van der Waals surface area (Å²) in [6.45, 7) is 3.13. The average Bonchev–Trinajstić information content (AvgIpc) is 2.76. The van der Waals surface area contributed by atoms with Gasteiger partial charge in [0.15, 0.2) is 5.16 Å². The minimum absolute atomic E-state index is 0.0971. The van der Waals surface area contributed by atoms with Crippen LogP contribution in [0.1, 0.15) is 24.9 Å². The summed E-state index contributed by atoms with van der Waals surface area (Å²) >= 11 is 4.71. The number of hydrogen-bond acceptors (Lipinski definition) is 5. The number of aromatic nitrogens is 2. The lowest BCUT2D eigenvalue weighted by atomic mass is 10.1. The molecule has 0 fully saturated rings. The lowest BCUT2D eigenvalue weighted by Gasteiger charge is -2.20. The molecule has 8 heteroatoms. The van der Waals surface area contributed by atoms with Crippen LogP contribution in [0.15, 0.2) is 63.0 Å². The summed E-state index contributed by atoms with van der Waals surface area (Å²) in [5.74, 6) is 0.0864. The maximum absolute atomic E-state index is 13.4. The molecule has 1 atom stereocenters. The topological polar surface area (TPSA) is 73.2 Å². The first-order chi connectivity index (χ1) is 14.5. The number of carbonyl (C=O) groups is 1. The SMILES string of the molecule is COCCCNC(=O)CSc1nc2ccc(Br)cc2c(=O)n1C(C)c1ccccc1. The Bertz CT molecular complexity index is 1070. The maximum Gasteiger partial charge on any atom is 0.262 e. The minimum atomic E-state index is -0.221. The Morgan fingerprint density at radius 3 is 2.77 bits per heavy atom. The first kappa shape index (κ1) is 22.5. The lowest BCUT2D eigenvalue weighted by molar-refractivity contribution is -0.118. The van der Waals surface area contributed by atoms with Gasteiger partial charge in [-0.25, -0.2) is 4.98 Å². The number of methoxy groups -OCH3 is 1. The van der Waals surface area contributed by atoms with E-state index in [0.717, 1.165) is 16.5 Å². The van der Waals surface area contributed by atoms with Gasteiger partial charge in [-0.15, -0.1) is 0 Å². The van der Waals surface area contributed by atoms with E-state index in [4.69, 9.17) is 9.72 Å². The molecule has 0 bridgehead atoms. The van der Waals surface area contributed by atoms with Crippen LogP contribution in [-0.2, 0) is 9.53 Å². The highest BCUT2D eigenvalue weighted by Gasteiger charge is 2.19. The zero-order chi connectivity index (χ0) is 21.5. The molecular formula is C22H24BrN3O3S. The van der Waals surface area contributed by atoms with E-state index in [0.29, 0.717) is 29.2 Å². The molecule has 0 saturated heterocycles. The van der Waals surface area contributed by atoms with Gasteiger partial charge in [0.25, 0.3) is 5.56 Å². The summed E-state index contributed by atoms with van der Waals surface area (Å²) in [7, 11) is 1.63. The number of amides is 1. The third kappa shape index (κ3) is 5.50. The van der Waals surface area contributed by atoms with Crippen LogP contribution in [-0.4, -0.2) is 41.5 Å². The van der Waals surface area contributed by atoms with Crippen molar-refractivity contribution < 1.29 is 9.53 Å². The Balaban J connectivity index is 1.92. The van der Waals surface area contributed by atoms with E-state index in [-0.39, 0.29) is 23.3 Å². The van der Waals surface area contributed by atoms with Gasteiger partial charge in [0.2, 0.25) is 5.91 Å². The Morgan fingerprint density at radius 2 is 2.03 bits per heavy atom. The van der Waals surface area contributed by atoms with Crippen molar-refractivity contribution >= 4 is 44.5 Å². The summed E-state index contributed by atoms with van der Waals surface area (Å²) < 4.78 is 7.49. The highest BCUT2D eigenvalue weighted by atomic mass is 79.9. The van der Waals surface area contributed by atoms with E-state index in [2.05, 4.69) is 21.2 Å². The number of hydrogen-bond donors (Lipinski definition) is 1. The maximum atomic E-state index is 13.4. The molecule has 6 nitrogen and oxygen atoms in total. The Morgan fingerprint density at radius 1 is 1.27 bits per heavy atom. The van der Waals surface area contributed by atoms with Crippen LogP contribution in [0.5, 0.6) is 0 Å². The molecule has 1 amide bonds. The fourth-order valence-electron chi connectivity index (χ4n) is 3.10. The number of rotatable bonds is 9. The lowest BCUT2D eigenvalue weighted by Crippen LogP contribution is -2.29. The highest BCUT2D eigenvalue weighted by molar-refractivity contribution is 9.10. The molecule has 0 saturated carbocycles. The zero-order valence-corrected chi connectivity index (χ0v) is 19.3. The quantitative estimate of drug-likeness (QED) is 0.279. The third-order valence-corrected chi connectivity index (χ3v) is 6.12. The minimum Gasteiger partial charge on any atom is -0.385 e. The van der Waals surface area contributed by atoms with E-state index >= 15 is 0 Å². The van der Waals surface area contributed by atoms with Gasteiger partial charge >= 0.3 is 0 Å². The largest absolute Gasteiger partial charge is 0.385 e. The van der Waals surface area contributed by atoms with E-state index in [1.807, 2.05) is 49.4 Å². The Hall–Kier alpha value is -2.16. The molecule has 0 aliphatic heterocycles. The average molecular weight is 490 g/mol. The molecule has 3 aromatic rings. The second-order valence-electron chi connectivity index (χ2n) is 6.80. The fraction of sp³-hybridized carbons (Fsp3) is 0.318. The van der Waals surface area contributed by atoms with Gasteiger partial charge in [-0.3, -0.25) is 14.2 Å². The summed E-state index contributed by atoms with van der Waals surface area (Å²) in [5, 5.41) is 3.93. The van der Waals surface area contributed by atoms with Crippen molar-refractivity contribution in [3.63, 3.8) is 0 Å². The standard InChI is InChI=1S/C22H24BrN3O3S/c1-15(16-7-4-3-5-8-16)26-21(28)18-13-17(23)9-10-19(18)25-22(26)30-14-20(27)24-11-6-12-29-2/h3-5,7-10,13,15H,6,11-12,14H2,1-2H3,(H,24,27). The number of benzene rings is 2. The van der Waals surface area contributed by atoms with Crippen LogP contribution >= 0.6 is 27.7 Å². The number of fused-ring (bicyclic) bond motifs is 1. The zero-order valence-electron chi connectivity index (χ0n) is 16.9. The highest BCUT2D eigenvalue weighted by Crippen LogP contribution is 2.25. The summed E-state index contributed by atoms with van der Waals surface area (Å²) in [6, 6.07) is 15.0. The molecule has 2 aromatic carbocycles. The van der Waals surface area contributed by atoms with Gasteiger partial charge in [-0.1, -0.05) is 58.0 Å². The molecule has 3 rings (SSSR count). The third-order valence-electron chi connectivity index (χ3n) is 4.68. The van der Waals surface area contributed by atoms with E-state index < -0.39 is 0 Å². The molecule has 0 spiro atoms. The summed E-state index contributed by atoms with van der Waals surface area (Å²) in [4.78, 5) is 30.3. The van der Waals surface area contributed by atoms with Crippen molar-refractivity contribution in [3.05, 3.63) is 68.9 Å². The Labute approximate surface area is 188 Å². The number of halogens is 1. The van der Waals surface area contributed by atoms with Crippen molar-refractivity contribution in [2.75, 3.05) is 26.0 Å². The molecule has 158 valence electrons. The van der Waals surface area contributed by atoms with Gasteiger partial charge in [-0.2, -0.15) is 0 Å². The molecule has 1 unspecified atom stereocenters. The monoisotopic (exact) mass is 489 g/mol. The van der Waals surface area contributed by atoms with Gasteiger partial charge < -0.3 is 10.1 Å². The smallest absolute Gasteiger partial charge is 0.262 e. The van der Waals surface area contributed by atoms with Crippen LogP contribution in [0.25, 0.3) is 10.9 Å². The van der Waals surface area contributed by atoms with Crippen molar-refractivity contribution in [1.29, 1.82) is 0 Å². The van der Waals surface area contributed by atoms with E-state index in [1.165, 1.54) is 11.8 Å². The number of ether oxygens (including phenoxy) is 1. The number of thioether (sulfide) groups is 1. The van der Waals surface area contributed by atoms with Crippen molar-refractivity contribution in [2.45, 2.75) is 24.5 Å². The first-order valence-corrected chi connectivity index (χ1v) is 11.4. The molecule has 30 heavy (non-hydrogen) atoms. The van der Waals surface area contributed by atoms with Gasteiger partial charge in [-0.05, 0) is 37.1 Å². The Kier molecular flexibility index (Phi) is 8.07. The van der Waals surface area contributed by atoms with Crippen LogP contribution in [0, 0.1) is 0 Å². The van der Waals surface area contributed by atoms with Crippen molar-refractivity contribution in [2.24, 2.45) is 0 Å². The van der Waals surface area contributed by atoms with Gasteiger partial charge in [0.1, 0.15) is 0 Å². The summed E-state index contributed by atoms with van der Waals surface area (Å²) in [5.41, 5.74) is 1.49. The predicted octanol–water partition coefficient (Wildman–Crippen LogP) is 4.01. The van der Waals surface area contributed by atoms with Crippen molar-refractivity contribution in [3.8, 4) is 0 Å². The predicted molar refractivity (Wildman–Crippen MR) is 124 cm³/mol. The van der Waals surface area contributed by atoms with Crippen molar-refractivity contribution in [1.82, 2.24) is 14.9 Å². The van der Waals surface area contributed by atoms with E-state index in [9.17, 15) is 9.59 Å². The molecule has 0 aliphatic rings. The molecule has 1 aromatic heterocycles. The van der Waals surface area contributed by atoms with Crippen LogP contribution < -0.4 is 10.9 Å². The second kappa shape index (κ2) is 10.7. The first-order valence-electron chi connectivity index (χ1n) is 9.66. The number of nitrogens with zero attached hydrogens (tertiary/aromatic N) is 2. The molecule has 1 N–H and O–H groups in total. The molecule has 0 radical (unpaired) electrons. The number of nitrogens with one attached hydrogen (secondary N) is 1. The molecular weight excluding hydrogens is 466 g/mol. The van der Waals surface area contributed by atoms with E-state index in [1.54, 1.807) is 17.7 Å². The second-order valence-corrected chi connectivity index (χ2v) is 8.66. The summed E-state index contributed by atoms with van der Waals surface area (Å²) in [6.07, 6.45) is 0.756. The fourth-order valence-corrected chi connectivity index (χ4v) is 4.37. The molecule has 1 heterocycles. The van der Waals surface area contributed by atoms with Crippen LogP contribution in [0.3, 0.4) is 0 Å². The van der Waals surface area contributed by atoms with Gasteiger partial charge in [0, 0.05) is 24.7 Å². The molecule has 0 aliphatic carbocycles. The van der Waals surface area contributed by atoms with Crippen LogP contribution in [0.4, 0.5) is 0 Å². The normalized spacial score (nSPS) is 12.1. The van der Waals surface area contributed by atoms with Gasteiger partial charge in [0.05, 0.1) is 22.7 Å². The van der Waals surface area contributed by atoms with Crippen LogP contribution in [0.2, 0.25) is 0 Å². The number of carbonyl (C=O) groups excluding carboxylic acids is 1.